The predicted octanol–water partition coefficient (Wildman–Crippen LogP) is 4.10. The Morgan fingerprint density at radius 3 is 2.64 bits per heavy atom. The lowest BCUT2D eigenvalue weighted by Gasteiger charge is -2.09. The number of rotatable bonds is 5. The summed E-state index contributed by atoms with van der Waals surface area (Å²) in [5, 5.41) is 11.9. The number of aryl methyl sites for hydroxylation is 1. The van der Waals surface area contributed by atoms with Crippen molar-refractivity contribution in [2.24, 2.45) is 0 Å². The summed E-state index contributed by atoms with van der Waals surface area (Å²) >= 11 is 7.14. The summed E-state index contributed by atoms with van der Waals surface area (Å²) in [7, 11) is 0. The first-order chi connectivity index (χ1) is 12.0. The average molecular weight is 377 g/mol. The van der Waals surface area contributed by atoms with Gasteiger partial charge in [0.15, 0.2) is 5.16 Å². The van der Waals surface area contributed by atoms with Gasteiger partial charge in [-0.3, -0.25) is 9.36 Å². The van der Waals surface area contributed by atoms with Crippen LogP contribution in [-0.4, -0.2) is 26.4 Å². The Labute approximate surface area is 153 Å². The highest BCUT2D eigenvalue weighted by molar-refractivity contribution is 7.99. The van der Waals surface area contributed by atoms with Crippen LogP contribution in [0.2, 0.25) is 5.02 Å². The van der Waals surface area contributed by atoms with Gasteiger partial charge in [0.1, 0.15) is 11.6 Å². The van der Waals surface area contributed by atoms with Crippen molar-refractivity contribution in [3.63, 3.8) is 0 Å². The highest BCUT2D eigenvalue weighted by atomic mass is 35.5. The maximum atomic E-state index is 13.6. The first kappa shape index (κ1) is 17.4. The van der Waals surface area contributed by atoms with Crippen LogP contribution in [0.3, 0.4) is 0 Å². The number of aromatic nitrogens is 3. The van der Waals surface area contributed by atoms with E-state index in [2.05, 4.69) is 15.5 Å². The standard InChI is InChI=1S/C17H14ClFN4OS/c1-11-21-22-17(23(11)13-8-6-12(18)7-9-13)25-10-16(24)20-15-5-3-2-4-14(15)19/h2-9H,10H2,1H3,(H,20,24). The number of para-hydroxylation sites is 1. The van der Waals surface area contributed by atoms with E-state index >= 15 is 0 Å². The Morgan fingerprint density at radius 2 is 1.92 bits per heavy atom. The topological polar surface area (TPSA) is 59.8 Å². The SMILES string of the molecule is Cc1nnc(SCC(=O)Nc2ccccc2F)n1-c1ccc(Cl)cc1. The summed E-state index contributed by atoms with van der Waals surface area (Å²) in [4.78, 5) is 12.1. The molecule has 128 valence electrons. The molecule has 0 spiro atoms. The number of thioether (sulfide) groups is 1. The summed E-state index contributed by atoms with van der Waals surface area (Å²) in [5.74, 6) is -0.0150. The van der Waals surface area contributed by atoms with E-state index < -0.39 is 5.82 Å². The van der Waals surface area contributed by atoms with Crippen LogP contribution >= 0.6 is 23.4 Å². The van der Waals surface area contributed by atoms with E-state index in [0.29, 0.717) is 16.0 Å². The molecule has 1 N–H and O–H groups in total. The third kappa shape index (κ3) is 4.18. The number of hydrogen-bond acceptors (Lipinski definition) is 4. The van der Waals surface area contributed by atoms with Gasteiger partial charge in [0.05, 0.1) is 11.4 Å². The Morgan fingerprint density at radius 1 is 1.20 bits per heavy atom. The molecule has 0 aliphatic rings. The van der Waals surface area contributed by atoms with E-state index in [9.17, 15) is 9.18 Å². The molecular weight excluding hydrogens is 363 g/mol. The molecule has 0 radical (unpaired) electrons. The quantitative estimate of drug-likeness (QED) is 0.681. The van der Waals surface area contributed by atoms with Gasteiger partial charge in [-0.05, 0) is 43.3 Å². The summed E-state index contributed by atoms with van der Waals surface area (Å²) in [6.07, 6.45) is 0. The van der Waals surface area contributed by atoms with Gasteiger partial charge in [-0.25, -0.2) is 4.39 Å². The second-order valence-electron chi connectivity index (χ2n) is 5.16. The first-order valence-electron chi connectivity index (χ1n) is 7.40. The zero-order valence-electron chi connectivity index (χ0n) is 13.2. The molecule has 1 aromatic heterocycles. The molecule has 0 saturated carbocycles. The monoisotopic (exact) mass is 376 g/mol. The molecule has 25 heavy (non-hydrogen) atoms. The van der Waals surface area contributed by atoms with Crippen LogP contribution in [0.1, 0.15) is 5.82 Å². The fourth-order valence-corrected chi connectivity index (χ4v) is 3.13. The molecule has 8 heteroatoms. The summed E-state index contributed by atoms with van der Waals surface area (Å²) < 4.78 is 15.4. The fraction of sp³-hybridized carbons (Fsp3) is 0.118. The van der Waals surface area contributed by atoms with E-state index in [0.717, 1.165) is 5.69 Å². The molecular formula is C17H14ClFN4OS. The van der Waals surface area contributed by atoms with E-state index in [4.69, 9.17) is 11.6 Å². The molecule has 0 bridgehead atoms. The summed E-state index contributed by atoms with van der Waals surface area (Å²) in [5.41, 5.74) is 1.01. The molecule has 0 atom stereocenters. The molecule has 0 aliphatic carbocycles. The number of anilines is 1. The third-order valence-corrected chi connectivity index (χ3v) is 4.54. The molecule has 3 aromatic rings. The summed E-state index contributed by atoms with van der Waals surface area (Å²) in [6.45, 7) is 1.82. The van der Waals surface area contributed by atoms with Crippen LogP contribution in [0.15, 0.2) is 53.7 Å². The molecule has 1 amide bonds. The largest absolute Gasteiger partial charge is 0.323 e. The van der Waals surface area contributed by atoms with Crippen molar-refractivity contribution < 1.29 is 9.18 Å². The number of carbonyl (C=O) groups is 1. The molecule has 0 aliphatic heterocycles. The molecule has 2 aromatic carbocycles. The Bertz CT molecular complexity index is 898. The van der Waals surface area contributed by atoms with Gasteiger partial charge in [-0.15, -0.1) is 10.2 Å². The van der Waals surface area contributed by atoms with E-state index in [1.54, 1.807) is 24.3 Å². The van der Waals surface area contributed by atoms with Crippen LogP contribution < -0.4 is 5.32 Å². The lowest BCUT2D eigenvalue weighted by atomic mass is 10.3. The van der Waals surface area contributed by atoms with Crippen molar-refractivity contribution in [3.05, 3.63) is 65.2 Å². The smallest absolute Gasteiger partial charge is 0.234 e. The van der Waals surface area contributed by atoms with E-state index in [-0.39, 0.29) is 17.3 Å². The van der Waals surface area contributed by atoms with Gasteiger partial charge >= 0.3 is 0 Å². The van der Waals surface area contributed by atoms with Crippen molar-refractivity contribution in [2.75, 3.05) is 11.1 Å². The van der Waals surface area contributed by atoms with Crippen LogP contribution in [0.5, 0.6) is 0 Å². The van der Waals surface area contributed by atoms with Gasteiger partial charge in [0, 0.05) is 10.7 Å². The number of amides is 1. The number of hydrogen-bond donors (Lipinski definition) is 1. The summed E-state index contributed by atoms with van der Waals surface area (Å²) in [6, 6.07) is 13.3. The minimum Gasteiger partial charge on any atom is -0.323 e. The van der Waals surface area contributed by atoms with Gasteiger partial charge in [0.25, 0.3) is 0 Å². The Hall–Kier alpha value is -2.38. The fourth-order valence-electron chi connectivity index (χ4n) is 2.20. The van der Waals surface area contributed by atoms with Crippen LogP contribution in [-0.2, 0) is 4.79 Å². The molecule has 0 fully saturated rings. The highest BCUT2D eigenvalue weighted by Gasteiger charge is 2.14. The van der Waals surface area contributed by atoms with Gasteiger partial charge in [-0.2, -0.15) is 0 Å². The lowest BCUT2D eigenvalue weighted by molar-refractivity contribution is -0.113. The molecule has 0 saturated heterocycles. The number of benzene rings is 2. The first-order valence-corrected chi connectivity index (χ1v) is 8.76. The highest BCUT2D eigenvalue weighted by Crippen LogP contribution is 2.23. The number of nitrogens with one attached hydrogen (secondary N) is 1. The molecule has 5 nitrogen and oxygen atoms in total. The maximum Gasteiger partial charge on any atom is 0.234 e. The number of nitrogens with zero attached hydrogens (tertiary/aromatic N) is 3. The Kier molecular flexibility index (Phi) is 5.35. The van der Waals surface area contributed by atoms with Gasteiger partial charge in [-0.1, -0.05) is 35.5 Å². The van der Waals surface area contributed by atoms with Crippen LogP contribution in [0.25, 0.3) is 5.69 Å². The third-order valence-electron chi connectivity index (χ3n) is 3.36. The van der Waals surface area contributed by atoms with Crippen LogP contribution in [0, 0.1) is 12.7 Å². The van der Waals surface area contributed by atoms with Gasteiger partial charge in [0.2, 0.25) is 5.91 Å². The maximum absolute atomic E-state index is 13.6. The average Bonchev–Trinajstić information content (AvgIpc) is 2.97. The molecule has 1 heterocycles. The lowest BCUT2D eigenvalue weighted by Crippen LogP contribution is -2.15. The van der Waals surface area contributed by atoms with Crippen molar-refractivity contribution in [2.45, 2.75) is 12.1 Å². The van der Waals surface area contributed by atoms with E-state index in [1.807, 2.05) is 23.6 Å². The second kappa shape index (κ2) is 7.67. The minimum absolute atomic E-state index is 0.0834. The predicted molar refractivity (Wildman–Crippen MR) is 96.9 cm³/mol. The zero-order chi connectivity index (χ0) is 17.8. The molecule has 3 rings (SSSR count). The van der Waals surface area contributed by atoms with Crippen molar-refractivity contribution in [1.29, 1.82) is 0 Å². The molecule has 0 unspecified atom stereocenters. The van der Waals surface area contributed by atoms with Gasteiger partial charge < -0.3 is 5.32 Å². The second-order valence-corrected chi connectivity index (χ2v) is 6.54. The number of halogens is 2. The number of carbonyl (C=O) groups excluding carboxylic acids is 1. The van der Waals surface area contributed by atoms with Crippen molar-refractivity contribution in [3.8, 4) is 5.69 Å². The Balaban J connectivity index is 1.71. The van der Waals surface area contributed by atoms with Crippen molar-refractivity contribution in [1.82, 2.24) is 14.8 Å². The zero-order valence-corrected chi connectivity index (χ0v) is 14.8. The normalized spacial score (nSPS) is 10.7. The van der Waals surface area contributed by atoms with Crippen molar-refractivity contribution >= 4 is 35.0 Å². The van der Waals surface area contributed by atoms with Crippen LogP contribution in [0.4, 0.5) is 10.1 Å². The minimum atomic E-state index is -0.471. The van der Waals surface area contributed by atoms with E-state index in [1.165, 1.54) is 23.9 Å².